The van der Waals surface area contributed by atoms with E-state index in [2.05, 4.69) is 66.4 Å². The largest absolute Gasteiger partial charge is 0.303 e. The molecule has 2 heteroatoms. The molecule has 28 heavy (non-hydrogen) atoms. The Morgan fingerprint density at radius 3 is 2.71 bits per heavy atom. The van der Waals surface area contributed by atoms with Gasteiger partial charge >= 0.3 is 0 Å². The number of likely N-dealkylation sites (tertiary alicyclic amines) is 1. The number of aryl methyl sites for hydroxylation is 1. The van der Waals surface area contributed by atoms with E-state index in [-0.39, 0.29) is 0 Å². The highest BCUT2D eigenvalue weighted by Gasteiger charge is 2.19. The molecule has 0 bridgehead atoms. The predicted molar refractivity (Wildman–Crippen MR) is 122 cm³/mol. The third kappa shape index (κ3) is 5.52. The molecule has 0 spiro atoms. The van der Waals surface area contributed by atoms with Gasteiger partial charge in [0.15, 0.2) is 0 Å². The topological polar surface area (TPSA) is 3.24 Å². The smallest absolute Gasteiger partial charge is 0.0108 e. The molecule has 0 aliphatic carbocycles. The van der Waals surface area contributed by atoms with Crippen molar-refractivity contribution in [2.45, 2.75) is 50.3 Å². The minimum atomic E-state index is 0.871. The van der Waals surface area contributed by atoms with Crippen molar-refractivity contribution in [3.63, 3.8) is 0 Å². The molecular weight excluding hydrogens is 358 g/mol. The molecule has 0 aromatic heterocycles. The number of fused-ring (bicyclic) bond motifs is 1. The Hall–Kier alpha value is -1.51. The van der Waals surface area contributed by atoms with E-state index >= 15 is 0 Å². The second-order valence-electron chi connectivity index (χ2n) is 8.51. The van der Waals surface area contributed by atoms with Gasteiger partial charge in [0.2, 0.25) is 0 Å². The van der Waals surface area contributed by atoms with Crippen molar-refractivity contribution >= 4 is 11.8 Å². The van der Waals surface area contributed by atoms with Gasteiger partial charge in [0, 0.05) is 17.2 Å². The summed E-state index contributed by atoms with van der Waals surface area (Å²) in [5.41, 5.74) is 6.08. The lowest BCUT2D eigenvalue weighted by atomic mass is 9.90. The highest BCUT2D eigenvalue weighted by molar-refractivity contribution is 7.99. The molecule has 0 N–H and O–H groups in total. The quantitative estimate of drug-likeness (QED) is 0.550. The monoisotopic (exact) mass is 391 g/mol. The zero-order valence-corrected chi connectivity index (χ0v) is 18.0. The average Bonchev–Trinajstić information content (AvgIpc) is 2.91. The van der Waals surface area contributed by atoms with Crippen LogP contribution in [0.4, 0.5) is 0 Å². The molecule has 0 unspecified atom stereocenters. The molecule has 4 rings (SSSR count). The fourth-order valence-electron chi connectivity index (χ4n) is 4.60. The fourth-order valence-corrected chi connectivity index (χ4v) is 5.66. The van der Waals surface area contributed by atoms with E-state index < -0.39 is 0 Å². The van der Waals surface area contributed by atoms with Crippen molar-refractivity contribution in [3.05, 3.63) is 76.9 Å². The first-order valence-corrected chi connectivity index (χ1v) is 11.9. The van der Waals surface area contributed by atoms with Crippen molar-refractivity contribution in [3.8, 4) is 0 Å². The van der Waals surface area contributed by atoms with Gasteiger partial charge in [0.05, 0.1) is 0 Å². The van der Waals surface area contributed by atoms with Crippen LogP contribution in [0.15, 0.2) is 65.1 Å². The third-order valence-corrected chi connectivity index (χ3v) is 7.38. The van der Waals surface area contributed by atoms with Crippen LogP contribution in [0.5, 0.6) is 0 Å². The SMILES string of the molecule is Cc1ccc2c(c1)C/C(=C/CCN1CCC(Cc3ccccc3)CC1)CCS2. The van der Waals surface area contributed by atoms with E-state index in [9.17, 15) is 0 Å². The Morgan fingerprint density at radius 1 is 1.07 bits per heavy atom. The van der Waals surface area contributed by atoms with Crippen LogP contribution in [0, 0.1) is 12.8 Å². The maximum atomic E-state index is 2.68. The maximum absolute atomic E-state index is 2.68. The summed E-state index contributed by atoms with van der Waals surface area (Å²) in [6, 6.07) is 18.0. The lowest BCUT2D eigenvalue weighted by molar-refractivity contribution is 0.187. The lowest BCUT2D eigenvalue weighted by Gasteiger charge is -2.31. The van der Waals surface area contributed by atoms with Crippen LogP contribution in [0.25, 0.3) is 0 Å². The molecule has 2 heterocycles. The molecule has 1 fully saturated rings. The van der Waals surface area contributed by atoms with E-state index in [4.69, 9.17) is 0 Å². The number of hydrogen-bond acceptors (Lipinski definition) is 2. The first kappa shape index (κ1) is 19.8. The van der Waals surface area contributed by atoms with Gasteiger partial charge in [-0.25, -0.2) is 0 Å². The van der Waals surface area contributed by atoms with Crippen LogP contribution in [0.3, 0.4) is 0 Å². The Kier molecular flexibility index (Phi) is 6.93. The zero-order chi connectivity index (χ0) is 19.2. The fraction of sp³-hybridized carbons (Fsp3) is 0.462. The number of nitrogens with zero attached hydrogens (tertiary/aromatic N) is 1. The van der Waals surface area contributed by atoms with Crippen molar-refractivity contribution in [2.24, 2.45) is 5.92 Å². The standard InChI is InChI=1S/C26H33NS/c1-21-9-10-26-25(18-21)20-23(13-17-28-26)8-5-14-27-15-11-24(12-16-27)19-22-6-3-2-4-7-22/h2-4,6-10,18,24H,5,11-17,19-20H2,1H3/b23-8+. The zero-order valence-electron chi connectivity index (χ0n) is 17.2. The molecule has 1 saturated heterocycles. The minimum absolute atomic E-state index is 0.871. The van der Waals surface area contributed by atoms with Crippen LogP contribution in [0.1, 0.15) is 42.4 Å². The van der Waals surface area contributed by atoms with E-state index in [1.165, 1.54) is 79.1 Å². The summed E-state index contributed by atoms with van der Waals surface area (Å²) in [5, 5.41) is 0. The van der Waals surface area contributed by atoms with Crippen LogP contribution in [-0.4, -0.2) is 30.3 Å². The van der Waals surface area contributed by atoms with Crippen LogP contribution < -0.4 is 0 Å². The number of benzene rings is 2. The molecular formula is C26H33NS. The second kappa shape index (κ2) is 9.80. The second-order valence-corrected chi connectivity index (χ2v) is 9.65. The van der Waals surface area contributed by atoms with Crippen molar-refractivity contribution in [2.75, 3.05) is 25.4 Å². The number of hydrogen-bond donors (Lipinski definition) is 0. The van der Waals surface area contributed by atoms with E-state index in [0.717, 1.165) is 12.3 Å². The average molecular weight is 392 g/mol. The molecule has 2 aromatic rings. The molecule has 0 saturated carbocycles. The van der Waals surface area contributed by atoms with Crippen LogP contribution in [0.2, 0.25) is 0 Å². The van der Waals surface area contributed by atoms with Crippen LogP contribution in [-0.2, 0) is 12.8 Å². The summed E-state index contributed by atoms with van der Waals surface area (Å²) < 4.78 is 0. The molecule has 2 aliphatic rings. The summed E-state index contributed by atoms with van der Waals surface area (Å²) >= 11 is 2.03. The number of allylic oxidation sites excluding steroid dienone is 1. The summed E-state index contributed by atoms with van der Waals surface area (Å²) in [6.07, 6.45) is 10.1. The van der Waals surface area contributed by atoms with Gasteiger partial charge in [-0.1, -0.05) is 59.7 Å². The van der Waals surface area contributed by atoms with Gasteiger partial charge in [-0.15, -0.1) is 11.8 Å². The highest BCUT2D eigenvalue weighted by Crippen LogP contribution is 2.32. The normalized spacial score (nSPS) is 20.1. The van der Waals surface area contributed by atoms with E-state index in [0.29, 0.717) is 0 Å². The molecule has 1 nitrogen and oxygen atoms in total. The molecule has 0 amide bonds. The molecule has 148 valence electrons. The Balaban J connectivity index is 1.23. The van der Waals surface area contributed by atoms with Gasteiger partial charge in [-0.3, -0.25) is 0 Å². The van der Waals surface area contributed by atoms with Crippen molar-refractivity contribution in [1.82, 2.24) is 4.90 Å². The summed E-state index contributed by atoms with van der Waals surface area (Å²) in [7, 11) is 0. The van der Waals surface area contributed by atoms with E-state index in [1.54, 1.807) is 5.57 Å². The molecule has 0 atom stereocenters. The first-order valence-electron chi connectivity index (χ1n) is 10.9. The molecule has 0 radical (unpaired) electrons. The first-order chi connectivity index (χ1) is 13.8. The Morgan fingerprint density at radius 2 is 1.89 bits per heavy atom. The lowest BCUT2D eigenvalue weighted by Crippen LogP contribution is -2.34. The van der Waals surface area contributed by atoms with Crippen LogP contribution >= 0.6 is 11.8 Å². The van der Waals surface area contributed by atoms with Gasteiger partial charge in [-0.05, 0) is 81.6 Å². The third-order valence-electron chi connectivity index (χ3n) is 6.27. The van der Waals surface area contributed by atoms with Gasteiger partial charge in [0.1, 0.15) is 0 Å². The Bertz CT molecular complexity index is 787. The van der Waals surface area contributed by atoms with Gasteiger partial charge in [0.25, 0.3) is 0 Å². The summed E-state index contributed by atoms with van der Waals surface area (Å²) in [5.74, 6) is 2.10. The number of rotatable bonds is 5. The van der Waals surface area contributed by atoms with Crippen molar-refractivity contribution < 1.29 is 0 Å². The molecule has 2 aliphatic heterocycles. The van der Waals surface area contributed by atoms with Gasteiger partial charge in [-0.2, -0.15) is 0 Å². The highest BCUT2D eigenvalue weighted by atomic mass is 32.2. The predicted octanol–water partition coefficient (Wildman–Crippen LogP) is 6.30. The number of piperidine rings is 1. The van der Waals surface area contributed by atoms with E-state index in [1.807, 2.05) is 11.8 Å². The van der Waals surface area contributed by atoms with Crippen molar-refractivity contribution in [1.29, 1.82) is 0 Å². The van der Waals surface area contributed by atoms with Gasteiger partial charge < -0.3 is 4.90 Å². The maximum Gasteiger partial charge on any atom is 0.0108 e. The minimum Gasteiger partial charge on any atom is -0.303 e. The summed E-state index contributed by atoms with van der Waals surface area (Å²) in [4.78, 5) is 4.18. The summed E-state index contributed by atoms with van der Waals surface area (Å²) in [6.45, 7) is 5.99. The molecule has 2 aromatic carbocycles. The Labute approximate surface area is 175 Å². The number of thioether (sulfide) groups is 1.